The summed E-state index contributed by atoms with van der Waals surface area (Å²) in [4.78, 5) is 11.6. The van der Waals surface area contributed by atoms with E-state index in [0.717, 1.165) is 51.6 Å². The van der Waals surface area contributed by atoms with Crippen LogP contribution < -0.4 is 4.90 Å². The molecule has 3 heterocycles. The number of hydrogen-bond acceptors (Lipinski definition) is 5. The number of nitrogens with zero attached hydrogens (tertiary/aromatic N) is 4. The largest absolute Gasteiger partial charge is 0.390 e. The Balaban J connectivity index is 1.27. The molecule has 1 aromatic heterocycles. The van der Waals surface area contributed by atoms with Crippen LogP contribution in [0.15, 0.2) is 60.8 Å². The Morgan fingerprint density at radius 3 is 2.48 bits per heavy atom. The van der Waals surface area contributed by atoms with Gasteiger partial charge in [-0.3, -0.25) is 9.80 Å². The zero-order valence-electron chi connectivity index (χ0n) is 15.7. The van der Waals surface area contributed by atoms with Gasteiger partial charge in [0.05, 0.1) is 6.10 Å². The van der Waals surface area contributed by atoms with Crippen molar-refractivity contribution in [1.82, 2.24) is 14.8 Å². The molecule has 0 unspecified atom stereocenters. The molecule has 2 aromatic rings. The van der Waals surface area contributed by atoms with Gasteiger partial charge in [0.15, 0.2) is 0 Å². The molecule has 27 heavy (non-hydrogen) atoms. The van der Waals surface area contributed by atoms with Crippen molar-refractivity contribution in [3.05, 3.63) is 66.4 Å². The summed E-state index contributed by atoms with van der Waals surface area (Å²) < 4.78 is 0. The van der Waals surface area contributed by atoms with E-state index in [1.54, 1.807) is 0 Å². The Labute approximate surface area is 161 Å². The average Bonchev–Trinajstić information content (AvgIpc) is 3.10. The number of pyridine rings is 1. The minimum atomic E-state index is -0.267. The molecule has 0 amide bonds. The van der Waals surface area contributed by atoms with E-state index in [4.69, 9.17) is 0 Å². The first-order valence-corrected chi connectivity index (χ1v) is 9.81. The van der Waals surface area contributed by atoms with Crippen molar-refractivity contribution >= 4 is 11.9 Å². The van der Waals surface area contributed by atoms with E-state index in [2.05, 4.69) is 62.2 Å². The number of hydrogen-bond donors (Lipinski definition) is 1. The van der Waals surface area contributed by atoms with Crippen molar-refractivity contribution in [2.75, 3.05) is 50.7 Å². The lowest BCUT2D eigenvalue weighted by molar-refractivity contribution is 0.0790. The molecule has 2 aliphatic heterocycles. The number of aromatic nitrogens is 1. The quantitative estimate of drug-likeness (QED) is 0.879. The van der Waals surface area contributed by atoms with Crippen LogP contribution in [-0.4, -0.2) is 77.8 Å². The first-order valence-electron chi connectivity index (χ1n) is 9.81. The van der Waals surface area contributed by atoms with Gasteiger partial charge in [0, 0.05) is 58.1 Å². The monoisotopic (exact) mass is 364 g/mol. The zero-order chi connectivity index (χ0) is 18.5. The molecule has 142 valence electrons. The van der Waals surface area contributed by atoms with Crippen molar-refractivity contribution in [2.24, 2.45) is 0 Å². The first-order chi connectivity index (χ1) is 13.3. The third-order valence-corrected chi connectivity index (χ3v) is 5.56. The third-order valence-electron chi connectivity index (χ3n) is 5.56. The standard InChI is InChI=1S/C22H28N4O/c27-21-18-24(12-6-9-19-7-2-1-3-8-19)17-20(21)25-13-15-26(16-14-25)22-10-4-5-11-23-22/h1-11,20-21,27H,12-18H2/b9-6+/t20-,21-/m0/s1. The van der Waals surface area contributed by atoms with E-state index in [9.17, 15) is 5.11 Å². The van der Waals surface area contributed by atoms with E-state index in [0.29, 0.717) is 0 Å². The SMILES string of the molecule is O[C@H]1CN(C/C=C/c2ccccc2)C[C@@H]1N1CCN(c2ccccn2)CC1. The van der Waals surface area contributed by atoms with Crippen molar-refractivity contribution in [1.29, 1.82) is 0 Å². The van der Waals surface area contributed by atoms with Crippen molar-refractivity contribution in [3.63, 3.8) is 0 Å². The van der Waals surface area contributed by atoms with Gasteiger partial charge in [-0.1, -0.05) is 48.6 Å². The number of aliphatic hydroxyl groups is 1. The number of piperazine rings is 1. The van der Waals surface area contributed by atoms with E-state index < -0.39 is 0 Å². The number of likely N-dealkylation sites (tertiary alicyclic amines) is 1. The second-order valence-corrected chi connectivity index (χ2v) is 7.38. The van der Waals surface area contributed by atoms with E-state index >= 15 is 0 Å². The molecule has 1 aromatic carbocycles. The van der Waals surface area contributed by atoms with Gasteiger partial charge in [-0.05, 0) is 17.7 Å². The van der Waals surface area contributed by atoms with Crippen LogP contribution in [-0.2, 0) is 0 Å². The molecule has 1 N–H and O–H groups in total. The predicted octanol–water partition coefficient (Wildman–Crippen LogP) is 1.96. The summed E-state index contributed by atoms with van der Waals surface area (Å²) in [5, 5.41) is 10.6. The summed E-state index contributed by atoms with van der Waals surface area (Å²) in [6, 6.07) is 16.7. The van der Waals surface area contributed by atoms with Gasteiger partial charge < -0.3 is 10.0 Å². The lowest BCUT2D eigenvalue weighted by atomic mass is 10.1. The maximum Gasteiger partial charge on any atom is 0.128 e. The highest BCUT2D eigenvalue weighted by molar-refractivity contribution is 5.48. The Kier molecular flexibility index (Phi) is 5.82. The maximum absolute atomic E-state index is 10.6. The molecule has 0 aliphatic carbocycles. The Hall–Kier alpha value is -2.21. The molecule has 5 nitrogen and oxygen atoms in total. The number of β-amino-alcohol motifs (C(OH)–C–C–N with tert-alkyl or cyclic N) is 1. The fourth-order valence-corrected chi connectivity index (χ4v) is 4.08. The van der Waals surface area contributed by atoms with Gasteiger partial charge in [-0.15, -0.1) is 0 Å². The molecule has 2 atom stereocenters. The fraction of sp³-hybridized carbons (Fsp3) is 0.409. The minimum absolute atomic E-state index is 0.237. The van der Waals surface area contributed by atoms with Gasteiger partial charge in [0.1, 0.15) is 5.82 Å². The highest BCUT2D eigenvalue weighted by atomic mass is 16.3. The molecule has 0 spiro atoms. The lowest BCUT2D eigenvalue weighted by Crippen LogP contribution is -2.54. The van der Waals surface area contributed by atoms with Gasteiger partial charge in [0.25, 0.3) is 0 Å². The molecule has 5 heteroatoms. The number of rotatable bonds is 5. The van der Waals surface area contributed by atoms with Gasteiger partial charge in [-0.25, -0.2) is 4.98 Å². The normalized spacial score (nSPS) is 24.7. The summed E-state index contributed by atoms with van der Waals surface area (Å²) in [5.74, 6) is 1.05. The third kappa shape index (κ3) is 4.56. The summed E-state index contributed by atoms with van der Waals surface area (Å²) in [7, 11) is 0. The van der Waals surface area contributed by atoms with Crippen LogP contribution in [0.5, 0.6) is 0 Å². The predicted molar refractivity (Wildman–Crippen MR) is 110 cm³/mol. The molecule has 0 bridgehead atoms. The fourth-order valence-electron chi connectivity index (χ4n) is 4.08. The highest BCUT2D eigenvalue weighted by Crippen LogP contribution is 2.20. The average molecular weight is 364 g/mol. The van der Waals surface area contributed by atoms with Crippen LogP contribution in [0.4, 0.5) is 5.82 Å². The Morgan fingerprint density at radius 1 is 0.963 bits per heavy atom. The van der Waals surface area contributed by atoms with Crippen molar-refractivity contribution < 1.29 is 5.11 Å². The first kappa shape index (κ1) is 18.2. The summed E-state index contributed by atoms with van der Waals surface area (Å²) in [6.45, 7) is 6.46. The van der Waals surface area contributed by atoms with Crippen LogP contribution >= 0.6 is 0 Å². The van der Waals surface area contributed by atoms with Crippen LogP contribution in [0.1, 0.15) is 5.56 Å². The molecule has 2 aliphatic rings. The number of aliphatic hydroxyl groups excluding tert-OH is 1. The van der Waals surface area contributed by atoms with E-state index in [1.165, 1.54) is 5.56 Å². The molecule has 4 rings (SSSR count). The molecule has 2 saturated heterocycles. The summed E-state index contributed by atoms with van der Waals surface area (Å²) in [5.41, 5.74) is 1.22. The van der Waals surface area contributed by atoms with Gasteiger partial charge in [-0.2, -0.15) is 0 Å². The minimum Gasteiger partial charge on any atom is -0.390 e. The molecule has 0 radical (unpaired) electrons. The van der Waals surface area contributed by atoms with Gasteiger partial charge >= 0.3 is 0 Å². The van der Waals surface area contributed by atoms with Crippen LogP contribution in [0.3, 0.4) is 0 Å². The van der Waals surface area contributed by atoms with Crippen LogP contribution in [0.25, 0.3) is 6.08 Å². The maximum atomic E-state index is 10.6. The van der Waals surface area contributed by atoms with Crippen LogP contribution in [0, 0.1) is 0 Å². The second-order valence-electron chi connectivity index (χ2n) is 7.38. The van der Waals surface area contributed by atoms with E-state index in [1.807, 2.05) is 24.4 Å². The highest BCUT2D eigenvalue weighted by Gasteiger charge is 2.36. The zero-order valence-corrected chi connectivity index (χ0v) is 15.7. The molecule has 2 fully saturated rings. The smallest absolute Gasteiger partial charge is 0.128 e. The Morgan fingerprint density at radius 2 is 1.74 bits per heavy atom. The van der Waals surface area contributed by atoms with Gasteiger partial charge in [0.2, 0.25) is 0 Å². The van der Waals surface area contributed by atoms with Crippen molar-refractivity contribution in [3.8, 4) is 0 Å². The van der Waals surface area contributed by atoms with Crippen molar-refractivity contribution in [2.45, 2.75) is 12.1 Å². The molecule has 0 saturated carbocycles. The van der Waals surface area contributed by atoms with E-state index in [-0.39, 0.29) is 12.1 Å². The topological polar surface area (TPSA) is 42.8 Å². The number of benzene rings is 1. The molecular formula is C22H28N4O. The Bertz CT molecular complexity index is 728. The lowest BCUT2D eigenvalue weighted by Gasteiger charge is -2.39. The summed E-state index contributed by atoms with van der Waals surface area (Å²) >= 11 is 0. The molecular weight excluding hydrogens is 336 g/mol. The van der Waals surface area contributed by atoms with Crippen LogP contribution in [0.2, 0.25) is 0 Å². The number of anilines is 1. The summed E-state index contributed by atoms with van der Waals surface area (Å²) in [6.07, 6.45) is 5.94. The second kappa shape index (κ2) is 8.65.